The number of morpholine rings is 1. The molecule has 0 aliphatic carbocycles. The third-order valence-electron chi connectivity index (χ3n) is 10.8. The average molecular weight is 722 g/mol. The third kappa shape index (κ3) is 6.38. The van der Waals surface area contributed by atoms with Gasteiger partial charge in [0.1, 0.15) is 35.6 Å². The summed E-state index contributed by atoms with van der Waals surface area (Å²) >= 11 is 6.42. The maximum atomic E-state index is 16.8. The molecule has 268 valence electrons. The van der Waals surface area contributed by atoms with Crippen LogP contribution in [-0.2, 0) is 9.53 Å². The molecule has 0 spiro atoms. The van der Waals surface area contributed by atoms with Gasteiger partial charge in [-0.05, 0) is 37.3 Å². The van der Waals surface area contributed by atoms with Crippen LogP contribution in [0.15, 0.2) is 48.7 Å². The number of pyridine rings is 1. The van der Waals surface area contributed by atoms with Crippen LogP contribution in [-0.4, -0.2) is 114 Å². The van der Waals surface area contributed by atoms with E-state index in [9.17, 15) is 13.6 Å². The van der Waals surface area contributed by atoms with E-state index in [0.29, 0.717) is 73.2 Å². The SMILES string of the molecule is CN(c1nc(OC[C@@]23CCCN2C[C@H](F)C3)nc2c(F)c(-c3cccc4ccc(F)c(Cl)c34)ncc12)[C@@H]1CCN(C(=O)/C=C/C2COCCN2)C1. The van der Waals surface area contributed by atoms with Crippen LogP contribution in [0.4, 0.5) is 19.0 Å². The second kappa shape index (κ2) is 13.8. The molecule has 4 fully saturated rings. The number of aromatic nitrogens is 3. The van der Waals surface area contributed by atoms with E-state index in [2.05, 4.69) is 20.2 Å². The van der Waals surface area contributed by atoms with E-state index in [4.69, 9.17) is 26.1 Å². The lowest BCUT2D eigenvalue weighted by atomic mass is 9.95. The van der Waals surface area contributed by atoms with Crippen molar-refractivity contribution in [2.45, 2.75) is 49.5 Å². The molecule has 51 heavy (non-hydrogen) atoms. The number of halogens is 4. The van der Waals surface area contributed by atoms with Crippen LogP contribution in [0.1, 0.15) is 25.7 Å². The highest BCUT2D eigenvalue weighted by atomic mass is 35.5. The minimum Gasteiger partial charge on any atom is -0.461 e. The Kier molecular flexibility index (Phi) is 9.24. The molecule has 0 radical (unpaired) electrons. The van der Waals surface area contributed by atoms with Crippen LogP contribution in [0.3, 0.4) is 0 Å². The number of likely N-dealkylation sites (N-methyl/N-ethyl adjacent to an activating group) is 1. The summed E-state index contributed by atoms with van der Waals surface area (Å²) in [6, 6.07) is 7.82. The minimum absolute atomic E-state index is 0.0123. The molecule has 4 aromatic rings. The molecule has 1 amide bonds. The summed E-state index contributed by atoms with van der Waals surface area (Å²) in [7, 11) is 1.85. The predicted molar refractivity (Wildman–Crippen MR) is 189 cm³/mol. The first-order valence-electron chi connectivity index (χ1n) is 17.5. The Labute approximate surface area is 298 Å². The van der Waals surface area contributed by atoms with E-state index in [-0.39, 0.29) is 46.8 Å². The topological polar surface area (TPSA) is 96.0 Å². The minimum atomic E-state index is -0.938. The molecule has 1 unspecified atom stereocenters. The van der Waals surface area contributed by atoms with Gasteiger partial charge in [0.15, 0.2) is 5.82 Å². The number of likely N-dealkylation sites (tertiary alicyclic amines) is 1. The number of amides is 1. The Hall–Kier alpha value is -4.04. The van der Waals surface area contributed by atoms with Gasteiger partial charge in [-0.15, -0.1) is 0 Å². The molecular formula is C37H39ClF3N7O3. The first kappa shape index (κ1) is 34.1. The van der Waals surface area contributed by atoms with Crippen molar-refractivity contribution in [1.82, 2.24) is 30.1 Å². The van der Waals surface area contributed by atoms with Crippen molar-refractivity contribution < 1.29 is 27.4 Å². The summed E-state index contributed by atoms with van der Waals surface area (Å²) < 4.78 is 57.7. The summed E-state index contributed by atoms with van der Waals surface area (Å²) in [5, 5.41) is 4.51. The number of nitrogens with one attached hydrogen (secondary N) is 1. The number of rotatable bonds is 8. The van der Waals surface area contributed by atoms with Crippen LogP contribution in [0, 0.1) is 11.6 Å². The monoisotopic (exact) mass is 721 g/mol. The van der Waals surface area contributed by atoms with E-state index in [1.165, 1.54) is 12.3 Å². The average Bonchev–Trinajstić information content (AvgIpc) is 3.86. The molecule has 4 saturated heterocycles. The fraction of sp³-hybridized carbons (Fsp3) is 0.459. The van der Waals surface area contributed by atoms with Crippen LogP contribution in [0.5, 0.6) is 6.01 Å². The Balaban J connectivity index is 1.14. The van der Waals surface area contributed by atoms with Gasteiger partial charge in [0.25, 0.3) is 0 Å². The van der Waals surface area contributed by atoms with E-state index >= 15 is 4.39 Å². The molecule has 14 heteroatoms. The first-order valence-corrected chi connectivity index (χ1v) is 17.8. The molecule has 4 atom stereocenters. The lowest BCUT2D eigenvalue weighted by molar-refractivity contribution is -0.125. The van der Waals surface area contributed by atoms with E-state index in [0.717, 1.165) is 25.9 Å². The zero-order valence-corrected chi connectivity index (χ0v) is 29.0. The fourth-order valence-electron chi connectivity index (χ4n) is 8.14. The highest BCUT2D eigenvalue weighted by Gasteiger charge is 2.49. The van der Waals surface area contributed by atoms with Gasteiger partial charge in [0.2, 0.25) is 5.91 Å². The maximum absolute atomic E-state index is 16.8. The van der Waals surface area contributed by atoms with E-state index in [1.807, 2.05) is 18.0 Å². The Morgan fingerprint density at radius 3 is 2.94 bits per heavy atom. The molecule has 2 aromatic carbocycles. The highest BCUT2D eigenvalue weighted by molar-refractivity contribution is 6.36. The molecule has 2 aromatic heterocycles. The lowest BCUT2D eigenvalue weighted by Crippen LogP contribution is -2.43. The summed E-state index contributed by atoms with van der Waals surface area (Å²) in [5.74, 6) is -1.06. The van der Waals surface area contributed by atoms with Crippen molar-refractivity contribution in [3.8, 4) is 17.3 Å². The molecule has 4 aliphatic rings. The second-order valence-corrected chi connectivity index (χ2v) is 14.4. The molecule has 0 bridgehead atoms. The lowest BCUT2D eigenvalue weighted by Gasteiger charge is -2.31. The molecule has 4 aliphatic heterocycles. The number of alkyl halides is 1. The summed E-state index contributed by atoms with van der Waals surface area (Å²) in [6.07, 6.45) is 6.75. The maximum Gasteiger partial charge on any atom is 0.319 e. The van der Waals surface area contributed by atoms with Gasteiger partial charge in [-0.3, -0.25) is 14.7 Å². The summed E-state index contributed by atoms with van der Waals surface area (Å²) in [5.41, 5.74) is -0.212. The van der Waals surface area contributed by atoms with Crippen molar-refractivity contribution >= 4 is 45.0 Å². The van der Waals surface area contributed by atoms with Gasteiger partial charge in [0, 0.05) is 75.0 Å². The van der Waals surface area contributed by atoms with Crippen molar-refractivity contribution in [1.29, 1.82) is 0 Å². The largest absolute Gasteiger partial charge is 0.461 e. The fourth-order valence-corrected chi connectivity index (χ4v) is 8.42. The van der Waals surface area contributed by atoms with Crippen LogP contribution in [0.25, 0.3) is 32.9 Å². The standard InChI is InChI=1S/C37H39ClF3N7O3/c1-46(25-10-14-47(19-25)29(49)9-7-24-20-50-15-12-42-24)35-27-17-43-33(26-5-2-4-22-6-8-28(40)31(38)30(22)26)32(41)34(27)44-36(45-35)51-21-37-11-3-13-48(37)18-23(39)16-37/h2,4-9,17,23-25,42H,3,10-16,18-21H2,1H3/b9-7+/t23-,24?,25-,37+/m1/s1. The highest BCUT2D eigenvalue weighted by Crippen LogP contribution is 2.41. The van der Waals surface area contributed by atoms with E-state index in [1.54, 1.807) is 35.2 Å². The number of hydrogen-bond acceptors (Lipinski definition) is 9. The number of ether oxygens (including phenoxy) is 2. The number of hydrogen-bond donors (Lipinski definition) is 1. The smallest absolute Gasteiger partial charge is 0.319 e. The zero-order valence-electron chi connectivity index (χ0n) is 28.3. The predicted octanol–water partition coefficient (Wildman–Crippen LogP) is 5.31. The van der Waals surface area contributed by atoms with Gasteiger partial charge >= 0.3 is 6.01 Å². The van der Waals surface area contributed by atoms with Crippen molar-refractivity contribution in [3.63, 3.8) is 0 Å². The van der Waals surface area contributed by atoms with Gasteiger partial charge in [-0.1, -0.05) is 41.9 Å². The van der Waals surface area contributed by atoms with Gasteiger partial charge in [0.05, 0.1) is 29.2 Å². The van der Waals surface area contributed by atoms with Gasteiger partial charge < -0.3 is 24.6 Å². The van der Waals surface area contributed by atoms with Crippen molar-refractivity contribution in [2.24, 2.45) is 0 Å². The van der Waals surface area contributed by atoms with Crippen molar-refractivity contribution in [3.05, 3.63) is 65.3 Å². The second-order valence-electron chi connectivity index (χ2n) is 14.0. The Morgan fingerprint density at radius 1 is 1.22 bits per heavy atom. The number of carbonyl (C=O) groups is 1. The number of fused-ring (bicyclic) bond motifs is 3. The molecule has 8 rings (SSSR count). The summed E-state index contributed by atoms with van der Waals surface area (Å²) in [6.45, 7) is 4.20. The van der Waals surface area contributed by atoms with Crippen LogP contribution in [0.2, 0.25) is 5.02 Å². The molecule has 10 nitrogen and oxygen atoms in total. The number of anilines is 1. The number of carbonyl (C=O) groups excluding carboxylic acids is 1. The molecular weight excluding hydrogens is 683 g/mol. The van der Waals surface area contributed by atoms with Gasteiger partial charge in [-0.25, -0.2) is 13.2 Å². The molecule has 0 saturated carbocycles. The Bertz CT molecular complexity index is 2010. The number of benzene rings is 2. The summed E-state index contributed by atoms with van der Waals surface area (Å²) in [4.78, 5) is 32.8. The molecule has 6 heterocycles. The Morgan fingerprint density at radius 2 is 2.10 bits per heavy atom. The number of nitrogens with zero attached hydrogens (tertiary/aromatic N) is 6. The molecule has 1 N–H and O–H groups in total. The third-order valence-corrected chi connectivity index (χ3v) is 11.2. The van der Waals surface area contributed by atoms with Gasteiger partial charge in [-0.2, -0.15) is 9.97 Å². The normalized spacial score (nSPS) is 25.4. The van der Waals surface area contributed by atoms with Crippen LogP contribution < -0.4 is 15.0 Å². The zero-order chi connectivity index (χ0) is 35.3. The van der Waals surface area contributed by atoms with E-state index < -0.39 is 23.3 Å². The van der Waals surface area contributed by atoms with Crippen molar-refractivity contribution in [2.75, 3.05) is 64.5 Å². The first-order chi connectivity index (χ1) is 24.7. The van der Waals surface area contributed by atoms with Crippen LogP contribution >= 0.6 is 11.6 Å². The quantitative estimate of drug-likeness (QED) is 0.243.